The number of nitrogens with zero attached hydrogens (tertiary/aromatic N) is 1. The first-order chi connectivity index (χ1) is 9.12. The summed E-state index contributed by atoms with van der Waals surface area (Å²) in [5.74, 6) is -3.59. The maximum absolute atomic E-state index is 13.9. The van der Waals surface area contributed by atoms with Crippen LogP contribution in [0.4, 0.5) is 8.78 Å². The van der Waals surface area contributed by atoms with Crippen LogP contribution in [0.25, 0.3) is 0 Å². The monoisotopic (exact) mass is 285 g/mol. The van der Waals surface area contributed by atoms with Gasteiger partial charge in [-0.25, -0.2) is 13.6 Å². The molecule has 110 valence electrons. The van der Waals surface area contributed by atoms with Crippen molar-refractivity contribution in [1.29, 1.82) is 0 Å². The predicted octanol–water partition coefficient (Wildman–Crippen LogP) is 2.52. The third-order valence-electron chi connectivity index (χ3n) is 3.21. The number of carboxylic acid groups (broad SMARTS) is 1. The van der Waals surface area contributed by atoms with E-state index in [0.717, 1.165) is 23.1 Å². The van der Waals surface area contributed by atoms with Gasteiger partial charge in [0.2, 0.25) is 5.91 Å². The van der Waals surface area contributed by atoms with E-state index in [-0.39, 0.29) is 5.56 Å². The van der Waals surface area contributed by atoms with E-state index in [1.807, 2.05) is 0 Å². The highest BCUT2D eigenvalue weighted by Gasteiger charge is 2.46. The highest BCUT2D eigenvalue weighted by Crippen LogP contribution is 2.33. The highest BCUT2D eigenvalue weighted by molar-refractivity contribution is 5.87. The summed E-state index contributed by atoms with van der Waals surface area (Å²) in [6.45, 7) is 5.60. The molecular formula is C14H17F2NO3. The first-order valence-electron chi connectivity index (χ1n) is 6.11. The van der Waals surface area contributed by atoms with Crippen LogP contribution >= 0.6 is 0 Å². The zero-order chi connectivity index (χ0) is 15.7. The van der Waals surface area contributed by atoms with Crippen LogP contribution in [0.15, 0.2) is 18.2 Å². The van der Waals surface area contributed by atoms with Gasteiger partial charge < -0.3 is 10.0 Å². The minimum Gasteiger partial charge on any atom is -0.479 e. The second-order valence-corrected chi connectivity index (χ2v) is 4.98. The fourth-order valence-corrected chi connectivity index (χ4v) is 2.41. The number of carbonyl (C=O) groups is 2. The molecule has 20 heavy (non-hydrogen) atoms. The van der Waals surface area contributed by atoms with Gasteiger partial charge in [0.1, 0.15) is 11.6 Å². The van der Waals surface area contributed by atoms with Crippen molar-refractivity contribution in [2.75, 3.05) is 0 Å². The molecule has 4 nitrogen and oxygen atoms in total. The summed E-state index contributed by atoms with van der Waals surface area (Å²) in [5, 5.41) is 9.49. The maximum Gasteiger partial charge on any atom is 0.334 e. The van der Waals surface area contributed by atoms with Gasteiger partial charge in [0, 0.05) is 18.5 Å². The van der Waals surface area contributed by atoms with Gasteiger partial charge in [-0.15, -0.1) is 0 Å². The Kier molecular flexibility index (Phi) is 4.47. The maximum atomic E-state index is 13.9. The molecular weight excluding hydrogens is 268 g/mol. The Morgan fingerprint density at radius 3 is 2.25 bits per heavy atom. The molecule has 0 aliphatic carbocycles. The number of hydrogen-bond acceptors (Lipinski definition) is 2. The summed E-state index contributed by atoms with van der Waals surface area (Å²) in [6.07, 6.45) is 0. The summed E-state index contributed by atoms with van der Waals surface area (Å²) in [4.78, 5) is 24.4. The third kappa shape index (κ3) is 2.64. The quantitative estimate of drug-likeness (QED) is 0.924. The number of amides is 1. The smallest absolute Gasteiger partial charge is 0.334 e. The van der Waals surface area contributed by atoms with Crippen LogP contribution in [0.1, 0.15) is 33.3 Å². The molecule has 0 heterocycles. The third-order valence-corrected chi connectivity index (χ3v) is 3.21. The zero-order valence-corrected chi connectivity index (χ0v) is 11.8. The lowest BCUT2D eigenvalue weighted by molar-refractivity contribution is -0.160. The second kappa shape index (κ2) is 5.56. The van der Waals surface area contributed by atoms with E-state index in [2.05, 4.69) is 0 Å². The van der Waals surface area contributed by atoms with Crippen LogP contribution < -0.4 is 0 Å². The van der Waals surface area contributed by atoms with Crippen molar-refractivity contribution in [2.45, 2.75) is 39.3 Å². The van der Waals surface area contributed by atoms with Crippen LogP contribution in [0.2, 0.25) is 0 Å². The molecule has 1 aromatic carbocycles. The van der Waals surface area contributed by atoms with E-state index in [0.29, 0.717) is 0 Å². The number of carbonyl (C=O) groups excluding carboxylic acids is 1. The van der Waals surface area contributed by atoms with Gasteiger partial charge in [0.25, 0.3) is 0 Å². The average molecular weight is 285 g/mol. The lowest BCUT2D eigenvalue weighted by Crippen LogP contribution is -2.55. The summed E-state index contributed by atoms with van der Waals surface area (Å²) in [7, 11) is 0. The summed E-state index contributed by atoms with van der Waals surface area (Å²) in [5.41, 5.74) is -2.36. The molecule has 0 bridgehead atoms. The van der Waals surface area contributed by atoms with Gasteiger partial charge in [-0.05, 0) is 39.0 Å². The molecule has 1 aromatic rings. The molecule has 0 aliphatic rings. The molecule has 1 amide bonds. The van der Waals surface area contributed by atoms with Crippen LogP contribution in [0.5, 0.6) is 0 Å². The molecule has 1 atom stereocenters. The first kappa shape index (κ1) is 16.1. The van der Waals surface area contributed by atoms with Crippen molar-refractivity contribution in [3.63, 3.8) is 0 Å². The summed E-state index contributed by atoms with van der Waals surface area (Å²) in [6, 6.07) is 2.07. The largest absolute Gasteiger partial charge is 0.479 e. The van der Waals surface area contributed by atoms with E-state index in [1.165, 1.54) is 13.8 Å². The number of carboxylic acids is 1. The number of hydrogen-bond donors (Lipinski definition) is 1. The van der Waals surface area contributed by atoms with Gasteiger partial charge in [-0.1, -0.05) is 0 Å². The molecule has 0 fully saturated rings. The highest BCUT2D eigenvalue weighted by atomic mass is 19.1. The molecule has 0 saturated heterocycles. The number of halogens is 2. The van der Waals surface area contributed by atoms with E-state index in [4.69, 9.17) is 0 Å². The fourth-order valence-electron chi connectivity index (χ4n) is 2.41. The van der Waals surface area contributed by atoms with Crippen molar-refractivity contribution in [2.24, 2.45) is 0 Å². The van der Waals surface area contributed by atoms with E-state index < -0.39 is 35.1 Å². The lowest BCUT2D eigenvalue weighted by atomic mass is 9.88. The van der Waals surface area contributed by atoms with Crippen LogP contribution in [0, 0.1) is 11.6 Å². The van der Waals surface area contributed by atoms with Gasteiger partial charge in [0.15, 0.2) is 5.54 Å². The summed E-state index contributed by atoms with van der Waals surface area (Å²) < 4.78 is 27.3. The lowest BCUT2D eigenvalue weighted by Gasteiger charge is -2.40. The Morgan fingerprint density at radius 1 is 1.30 bits per heavy atom. The Bertz CT molecular complexity index is 545. The molecule has 0 radical (unpaired) electrons. The Labute approximate surface area is 116 Å². The standard InChI is InChI=1S/C14H17F2NO3/c1-8(2)17(9(3)18)14(4,13(19)20)11-7-10(15)5-6-12(11)16/h5-8H,1-4H3,(H,19,20). The van der Waals surface area contributed by atoms with E-state index >= 15 is 0 Å². The normalized spacial score (nSPS) is 13.9. The Morgan fingerprint density at radius 2 is 1.85 bits per heavy atom. The number of rotatable bonds is 4. The molecule has 1 unspecified atom stereocenters. The molecule has 6 heteroatoms. The van der Waals surface area contributed by atoms with Gasteiger partial charge in [0.05, 0.1) is 0 Å². The molecule has 1 N–H and O–H groups in total. The zero-order valence-electron chi connectivity index (χ0n) is 11.8. The van der Waals surface area contributed by atoms with Crippen LogP contribution in [-0.4, -0.2) is 27.9 Å². The van der Waals surface area contributed by atoms with Crippen LogP contribution in [-0.2, 0) is 15.1 Å². The van der Waals surface area contributed by atoms with Gasteiger partial charge >= 0.3 is 5.97 Å². The van der Waals surface area contributed by atoms with Crippen LogP contribution in [0.3, 0.4) is 0 Å². The van der Waals surface area contributed by atoms with Gasteiger partial charge in [-0.3, -0.25) is 4.79 Å². The molecule has 0 aromatic heterocycles. The summed E-state index contributed by atoms with van der Waals surface area (Å²) >= 11 is 0. The van der Waals surface area contributed by atoms with Crippen molar-refractivity contribution < 1.29 is 23.5 Å². The first-order valence-corrected chi connectivity index (χ1v) is 6.11. The minimum atomic E-state index is -1.98. The minimum absolute atomic E-state index is 0.381. The topological polar surface area (TPSA) is 57.6 Å². The second-order valence-electron chi connectivity index (χ2n) is 4.98. The molecule has 0 aliphatic heterocycles. The fraction of sp³-hybridized carbons (Fsp3) is 0.429. The SMILES string of the molecule is CC(=O)N(C(C)C)C(C)(C(=O)O)c1cc(F)ccc1F. The Hall–Kier alpha value is -1.98. The number of aliphatic carboxylic acids is 1. The molecule has 0 saturated carbocycles. The van der Waals surface area contributed by atoms with E-state index in [1.54, 1.807) is 13.8 Å². The molecule has 0 spiro atoms. The molecule has 1 rings (SSSR count). The van der Waals surface area contributed by atoms with Gasteiger partial charge in [-0.2, -0.15) is 0 Å². The Balaban J connectivity index is 3.60. The number of benzene rings is 1. The average Bonchev–Trinajstić information content (AvgIpc) is 2.30. The van der Waals surface area contributed by atoms with Crippen molar-refractivity contribution in [3.8, 4) is 0 Å². The van der Waals surface area contributed by atoms with E-state index in [9.17, 15) is 23.5 Å². The van der Waals surface area contributed by atoms with Crippen molar-refractivity contribution in [3.05, 3.63) is 35.4 Å². The van der Waals surface area contributed by atoms with Crippen molar-refractivity contribution >= 4 is 11.9 Å². The van der Waals surface area contributed by atoms with Crippen molar-refractivity contribution in [1.82, 2.24) is 4.90 Å². The predicted molar refractivity (Wildman–Crippen MR) is 69.0 cm³/mol.